The van der Waals surface area contributed by atoms with Crippen LogP contribution < -0.4 is 4.90 Å². The smallest absolute Gasteiger partial charge is 0.328 e. The van der Waals surface area contributed by atoms with Crippen molar-refractivity contribution in [3.8, 4) is 0 Å². The summed E-state index contributed by atoms with van der Waals surface area (Å²) in [7, 11) is 3.21. The molecule has 0 N–H and O–H groups in total. The van der Waals surface area contributed by atoms with E-state index >= 15 is 0 Å². The third kappa shape index (κ3) is 3.14. The van der Waals surface area contributed by atoms with Crippen LogP contribution in [0.2, 0.25) is 5.02 Å². The van der Waals surface area contributed by atoms with Crippen LogP contribution in [0.5, 0.6) is 0 Å². The lowest BCUT2D eigenvalue weighted by atomic mass is 10.1. The van der Waals surface area contributed by atoms with Crippen molar-refractivity contribution in [2.24, 2.45) is 4.99 Å². The van der Waals surface area contributed by atoms with Crippen molar-refractivity contribution < 1.29 is 14.3 Å². The quantitative estimate of drug-likeness (QED) is 0.698. The third-order valence-corrected chi connectivity index (χ3v) is 6.10. The molecule has 9 heteroatoms. The van der Waals surface area contributed by atoms with E-state index in [1.165, 1.54) is 9.80 Å². The number of hydrogen-bond acceptors (Lipinski definition) is 6. The van der Waals surface area contributed by atoms with E-state index in [1.807, 2.05) is 70.6 Å². The van der Waals surface area contributed by atoms with Crippen LogP contribution in [-0.2, 0) is 9.53 Å². The second-order valence-corrected chi connectivity index (χ2v) is 8.20. The molecule has 32 heavy (non-hydrogen) atoms. The lowest BCUT2D eigenvalue weighted by Crippen LogP contribution is -2.64. The monoisotopic (exact) mass is 451 g/mol. The Morgan fingerprint density at radius 1 is 1.09 bits per heavy atom. The fourth-order valence-corrected chi connectivity index (χ4v) is 4.49. The Kier molecular flexibility index (Phi) is 5.11. The number of nitrogens with zero attached hydrogens (tertiary/aromatic N) is 5. The number of likely N-dealkylation sites (N-methyl/N-ethyl adjacent to an activating group) is 1. The van der Waals surface area contributed by atoms with Gasteiger partial charge in [-0.25, -0.2) is 9.79 Å². The van der Waals surface area contributed by atoms with E-state index in [-0.39, 0.29) is 25.1 Å². The van der Waals surface area contributed by atoms with E-state index in [0.29, 0.717) is 11.0 Å². The summed E-state index contributed by atoms with van der Waals surface area (Å²) in [6.07, 6.45) is 1.31. The van der Waals surface area contributed by atoms with Gasteiger partial charge in [-0.3, -0.25) is 19.5 Å². The highest BCUT2D eigenvalue weighted by Crippen LogP contribution is 2.40. The van der Waals surface area contributed by atoms with Crippen LogP contribution in [0.1, 0.15) is 5.56 Å². The Hall–Kier alpha value is -3.36. The predicted octanol–water partition coefficient (Wildman–Crippen LogP) is 3.07. The number of aliphatic imine (C=N–C) groups is 1. The van der Waals surface area contributed by atoms with Crippen molar-refractivity contribution in [2.75, 3.05) is 32.2 Å². The molecule has 1 saturated heterocycles. The summed E-state index contributed by atoms with van der Waals surface area (Å²) in [4.78, 5) is 37.6. The third-order valence-electron chi connectivity index (χ3n) is 5.87. The number of anilines is 1. The summed E-state index contributed by atoms with van der Waals surface area (Å²) >= 11 is 6.29. The van der Waals surface area contributed by atoms with Gasteiger partial charge >= 0.3 is 6.03 Å². The van der Waals surface area contributed by atoms with E-state index in [0.717, 1.165) is 16.9 Å². The first kappa shape index (κ1) is 20.5. The molecule has 5 rings (SSSR count). The minimum Gasteiger partial charge on any atom is -0.383 e. The van der Waals surface area contributed by atoms with E-state index < -0.39 is 12.2 Å². The van der Waals surface area contributed by atoms with Gasteiger partial charge in [-0.05, 0) is 18.2 Å². The average molecular weight is 452 g/mol. The number of ether oxygens (including phenoxy) is 1. The highest BCUT2D eigenvalue weighted by atomic mass is 35.5. The summed E-state index contributed by atoms with van der Waals surface area (Å²) in [5, 5.41) is 0.596. The molecule has 3 amide bonds. The fourth-order valence-electron chi connectivity index (χ4n) is 4.31. The first-order valence-corrected chi connectivity index (χ1v) is 10.6. The molecule has 2 unspecified atom stereocenters. The molecule has 0 saturated carbocycles. The Labute approximate surface area is 190 Å². The van der Waals surface area contributed by atoms with Crippen molar-refractivity contribution >= 4 is 40.9 Å². The van der Waals surface area contributed by atoms with Crippen LogP contribution in [0.3, 0.4) is 0 Å². The van der Waals surface area contributed by atoms with Crippen LogP contribution in [0.15, 0.2) is 65.8 Å². The molecule has 0 aliphatic carbocycles. The molecule has 2 aromatic rings. The summed E-state index contributed by atoms with van der Waals surface area (Å²) < 4.78 is 5.10. The van der Waals surface area contributed by atoms with E-state index in [9.17, 15) is 9.59 Å². The average Bonchev–Trinajstić information content (AvgIpc) is 3.34. The maximum atomic E-state index is 13.4. The number of rotatable bonds is 5. The molecule has 0 bridgehead atoms. The minimum absolute atomic E-state index is 0.193. The van der Waals surface area contributed by atoms with Crippen molar-refractivity contribution in [3.63, 3.8) is 0 Å². The number of carbonyl (C=O) groups is 2. The van der Waals surface area contributed by atoms with Crippen molar-refractivity contribution in [3.05, 3.63) is 71.4 Å². The topological polar surface area (TPSA) is 68.7 Å². The largest absolute Gasteiger partial charge is 0.383 e. The zero-order valence-electron chi connectivity index (χ0n) is 17.7. The molecular weight excluding hydrogens is 430 g/mol. The summed E-state index contributed by atoms with van der Waals surface area (Å²) in [6.45, 7) is 0.467. The number of benzene rings is 2. The Morgan fingerprint density at radius 3 is 2.59 bits per heavy atom. The van der Waals surface area contributed by atoms with Crippen LogP contribution in [0, 0.1) is 0 Å². The summed E-state index contributed by atoms with van der Waals surface area (Å²) in [6, 6.07) is 16.4. The number of hydrogen-bond donors (Lipinski definition) is 0. The molecule has 0 spiro atoms. The zero-order valence-corrected chi connectivity index (χ0v) is 18.4. The molecular formula is C23H22ClN5O3. The van der Waals surface area contributed by atoms with E-state index in [1.54, 1.807) is 14.2 Å². The normalized spacial score (nSPS) is 22.2. The van der Waals surface area contributed by atoms with Gasteiger partial charge in [-0.1, -0.05) is 48.0 Å². The van der Waals surface area contributed by atoms with Gasteiger partial charge in [-0.2, -0.15) is 0 Å². The molecule has 2 atom stereocenters. The standard InChI is InChI=1S/C23H22ClN5O3/c1-26-20-19(21(30)27(23(26)31)11-12-32-2)28-14-18(15-7-4-3-5-8-15)29(22(28)25-20)17-10-6-9-16(24)13-17/h3-10,13-14,19-20H,11-12H2,1-2H3. The number of fused-ring (bicyclic) bond motifs is 3. The summed E-state index contributed by atoms with van der Waals surface area (Å²) in [5.41, 5.74) is 2.68. The maximum Gasteiger partial charge on any atom is 0.328 e. The molecule has 2 aromatic carbocycles. The Morgan fingerprint density at radius 2 is 1.88 bits per heavy atom. The molecule has 3 aliphatic heterocycles. The van der Waals surface area contributed by atoms with Crippen molar-refractivity contribution in [2.45, 2.75) is 12.2 Å². The molecule has 0 radical (unpaired) electrons. The van der Waals surface area contributed by atoms with E-state index in [4.69, 9.17) is 21.3 Å². The maximum absolute atomic E-state index is 13.4. The van der Waals surface area contributed by atoms with Gasteiger partial charge in [0.15, 0.2) is 12.2 Å². The number of carbonyl (C=O) groups excluding carboxylic acids is 2. The second kappa shape index (κ2) is 7.96. The van der Waals surface area contributed by atoms with Crippen molar-refractivity contribution in [1.82, 2.24) is 14.7 Å². The number of imide groups is 1. The molecule has 0 aromatic heterocycles. The van der Waals surface area contributed by atoms with Gasteiger partial charge in [0.25, 0.3) is 5.91 Å². The molecule has 3 aliphatic rings. The second-order valence-electron chi connectivity index (χ2n) is 7.77. The van der Waals surface area contributed by atoms with Crippen molar-refractivity contribution in [1.29, 1.82) is 0 Å². The number of methoxy groups -OCH3 is 1. The highest BCUT2D eigenvalue weighted by molar-refractivity contribution is 6.31. The zero-order chi connectivity index (χ0) is 22.4. The van der Waals surface area contributed by atoms with Gasteiger partial charge in [-0.15, -0.1) is 0 Å². The SMILES string of the molecule is COCCN1C(=O)C2C(N=C3N(c4cccc(Cl)c4)C(c4ccccc4)=CN32)N(C)C1=O. The van der Waals surface area contributed by atoms with E-state index in [2.05, 4.69) is 0 Å². The Bertz CT molecular complexity index is 1140. The Balaban J connectivity index is 1.60. The van der Waals surface area contributed by atoms with Crippen LogP contribution >= 0.6 is 11.6 Å². The first-order chi connectivity index (χ1) is 15.5. The van der Waals surface area contributed by atoms with Gasteiger partial charge in [0.1, 0.15) is 0 Å². The number of guanidine groups is 1. The fraction of sp³-hybridized carbons (Fsp3) is 0.261. The molecule has 8 nitrogen and oxygen atoms in total. The number of amides is 3. The predicted molar refractivity (Wildman–Crippen MR) is 122 cm³/mol. The lowest BCUT2D eigenvalue weighted by molar-refractivity contribution is -0.137. The van der Waals surface area contributed by atoms with Crippen LogP contribution in [0.25, 0.3) is 5.70 Å². The van der Waals surface area contributed by atoms with Crippen LogP contribution in [-0.4, -0.2) is 72.1 Å². The first-order valence-electron chi connectivity index (χ1n) is 10.3. The molecule has 1 fully saturated rings. The van der Waals surface area contributed by atoms with Gasteiger partial charge in [0.05, 0.1) is 24.5 Å². The number of urea groups is 1. The highest BCUT2D eigenvalue weighted by Gasteiger charge is 2.54. The van der Waals surface area contributed by atoms with Crippen LogP contribution in [0.4, 0.5) is 10.5 Å². The molecule has 164 valence electrons. The summed E-state index contributed by atoms with van der Waals surface area (Å²) in [5.74, 6) is 0.299. The lowest BCUT2D eigenvalue weighted by Gasteiger charge is -2.40. The number of halogens is 1. The van der Waals surface area contributed by atoms with Gasteiger partial charge in [0.2, 0.25) is 5.96 Å². The van der Waals surface area contributed by atoms with Gasteiger partial charge < -0.3 is 9.64 Å². The molecule has 3 heterocycles. The van der Waals surface area contributed by atoms with Gasteiger partial charge in [0, 0.05) is 30.9 Å². The minimum atomic E-state index is -0.646.